The van der Waals surface area contributed by atoms with Crippen molar-refractivity contribution >= 4 is 11.6 Å². The van der Waals surface area contributed by atoms with Crippen LogP contribution in [0.4, 0.5) is 5.69 Å². The van der Waals surface area contributed by atoms with Gasteiger partial charge in [0.1, 0.15) is 5.75 Å². The fourth-order valence-electron chi connectivity index (χ4n) is 3.22. The van der Waals surface area contributed by atoms with Gasteiger partial charge in [0.25, 0.3) is 5.91 Å². The summed E-state index contributed by atoms with van der Waals surface area (Å²) in [5.41, 5.74) is 4.72. The maximum atomic E-state index is 12.5. The minimum atomic E-state index is -0.479. The summed E-state index contributed by atoms with van der Waals surface area (Å²) in [6, 6.07) is 14.1. The Kier molecular flexibility index (Phi) is 5.19. The van der Waals surface area contributed by atoms with Gasteiger partial charge in [0.15, 0.2) is 6.10 Å². The molecule has 3 rings (SSSR count). The number of carbonyl (C=O) groups is 1. The summed E-state index contributed by atoms with van der Waals surface area (Å²) in [4.78, 5) is 12.5. The summed E-state index contributed by atoms with van der Waals surface area (Å²) in [5.74, 6) is 0.697. The second-order valence-corrected chi connectivity index (χ2v) is 6.51. The molecule has 1 aliphatic rings. The number of hydrogen-bond acceptors (Lipinski definition) is 2. The van der Waals surface area contributed by atoms with E-state index in [2.05, 4.69) is 17.4 Å². The van der Waals surface area contributed by atoms with E-state index < -0.39 is 6.10 Å². The van der Waals surface area contributed by atoms with Gasteiger partial charge >= 0.3 is 0 Å². The molecule has 0 bridgehead atoms. The van der Waals surface area contributed by atoms with Gasteiger partial charge in [-0.25, -0.2) is 0 Å². The van der Waals surface area contributed by atoms with Crippen molar-refractivity contribution in [2.75, 3.05) is 5.32 Å². The van der Waals surface area contributed by atoms with Gasteiger partial charge in [-0.3, -0.25) is 4.79 Å². The van der Waals surface area contributed by atoms with Crippen LogP contribution >= 0.6 is 0 Å². The van der Waals surface area contributed by atoms with E-state index in [0.717, 1.165) is 29.8 Å². The van der Waals surface area contributed by atoms with Crippen LogP contribution in [-0.4, -0.2) is 12.0 Å². The van der Waals surface area contributed by atoms with Crippen LogP contribution < -0.4 is 10.1 Å². The van der Waals surface area contributed by atoms with Gasteiger partial charge in [-0.15, -0.1) is 0 Å². The molecule has 0 spiro atoms. The maximum Gasteiger partial charge on any atom is 0.265 e. The average molecular weight is 323 g/mol. The average Bonchev–Trinajstić information content (AvgIpc) is 2.59. The molecule has 3 heteroatoms. The molecule has 24 heavy (non-hydrogen) atoms. The third-order valence-corrected chi connectivity index (χ3v) is 4.55. The molecule has 0 heterocycles. The molecule has 126 valence electrons. The summed E-state index contributed by atoms with van der Waals surface area (Å²) >= 11 is 0. The molecular weight excluding hydrogens is 298 g/mol. The number of ether oxygens (including phenoxy) is 1. The predicted octanol–water partition coefficient (Wildman–Crippen LogP) is 4.67. The molecule has 0 fully saturated rings. The number of amides is 1. The van der Waals surface area contributed by atoms with E-state index in [9.17, 15) is 4.79 Å². The molecule has 0 radical (unpaired) electrons. The maximum absolute atomic E-state index is 12.5. The van der Waals surface area contributed by atoms with Gasteiger partial charge in [-0.2, -0.15) is 0 Å². The third kappa shape index (κ3) is 3.97. The minimum absolute atomic E-state index is 0.0965. The Morgan fingerprint density at radius 3 is 2.67 bits per heavy atom. The van der Waals surface area contributed by atoms with E-state index in [-0.39, 0.29) is 5.91 Å². The molecule has 1 aliphatic carbocycles. The first-order valence-corrected chi connectivity index (χ1v) is 8.81. The topological polar surface area (TPSA) is 38.3 Å². The Hall–Kier alpha value is -2.29. The molecule has 1 amide bonds. The smallest absolute Gasteiger partial charge is 0.265 e. The summed E-state index contributed by atoms with van der Waals surface area (Å²) in [6.45, 7) is 3.98. The van der Waals surface area contributed by atoms with Crippen LogP contribution in [0, 0.1) is 6.92 Å². The quantitative estimate of drug-likeness (QED) is 0.868. The van der Waals surface area contributed by atoms with Gasteiger partial charge in [0.05, 0.1) is 0 Å². The molecule has 2 aromatic carbocycles. The Morgan fingerprint density at radius 2 is 1.92 bits per heavy atom. The van der Waals surface area contributed by atoms with Gasteiger partial charge in [-0.1, -0.05) is 25.1 Å². The molecule has 2 aromatic rings. The molecule has 0 aromatic heterocycles. The monoisotopic (exact) mass is 323 g/mol. The standard InChI is InChI=1S/C21H25NO2/c1-3-20(21(23)22-18-10-6-7-15(2)13-18)24-19-12-11-16-8-4-5-9-17(16)14-19/h6-7,10-14,20H,3-5,8-9H2,1-2H3,(H,22,23)/t20-/m0/s1. The highest BCUT2D eigenvalue weighted by Crippen LogP contribution is 2.26. The zero-order chi connectivity index (χ0) is 16.9. The fraction of sp³-hybridized carbons (Fsp3) is 0.381. The van der Waals surface area contributed by atoms with Gasteiger partial charge < -0.3 is 10.1 Å². The molecule has 0 saturated carbocycles. The highest BCUT2D eigenvalue weighted by molar-refractivity contribution is 5.94. The SMILES string of the molecule is CC[C@H](Oc1ccc2c(c1)CCCC2)C(=O)Nc1cccc(C)c1. The van der Waals surface area contributed by atoms with Gasteiger partial charge in [0, 0.05) is 5.69 Å². The lowest BCUT2D eigenvalue weighted by atomic mass is 9.92. The van der Waals surface area contributed by atoms with Crippen molar-refractivity contribution in [1.29, 1.82) is 0 Å². The number of aryl methyl sites for hydroxylation is 3. The number of benzene rings is 2. The van der Waals surface area contributed by atoms with E-state index in [1.54, 1.807) is 0 Å². The van der Waals surface area contributed by atoms with Crippen molar-refractivity contribution in [3.8, 4) is 5.75 Å². The lowest BCUT2D eigenvalue weighted by Gasteiger charge is -2.20. The van der Waals surface area contributed by atoms with Crippen molar-refractivity contribution in [2.24, 2.45) is 0 Å². The Morgan fingerprint density at radius 1 is 1.12 bits per heavy atom. The Bertz CT molecular complexity index is 724. The lowest BCUT2D eigenvalue weighted by Crippen LogP contribution is -2.32. The molecular formula is C21H25NO2. The predicted molar refractivity (Wildman–Crippen MR) is 97.6 cm³/mol. The number of hydrogen-bond donors (Lipinski definition) is 1. The third-order valence-electron chi connectivity index (χ3n) is 4.55. The van der Waals surface area contributed by atoms with E-state index >= 15 is 0 Å². The Labute approximate surface area is 144 Å². The van der Waals surface area contributed by atoms with Crippen LogP contribution in [0.2, 0.25) is 0 Å². The molecule has 1 N–H and O–H groups in total. The summed E-state index contributed by atoms with van der Waals surface area (Å²) in [6.07, 6.45) is 4.92. The van der Waals surface area contributed by atoms with E-state index in [4.69, 9.17) is 4.74 Å². The normalized spacial score (nSPS) is 14.6. The van der Waals surface area contributed by atoms with E-state index in [1.165, 1.54) is 24.0 Å². The van der Waals surface area contributed by atoms with Crippen molar-refractivity contribution in [2.45, 2.75) is 52.1 Å². The summed E-state index contributed by atoms with van der Waals surface area (Å²) in [5, 5.41) is 2.95. The van der Waals surface area contributed by atoms with Crippen molar-refractivity contribution < 1.29 is 9.53 Å². The lowest BCUT2D eigenvalue weighted by molar-refractivity contribution is -0.122. The second-order valence-electron chi connectivity index (χ2n) is 6.51. The largest absolute Gasteiger partial charge is 0.481 e. The summed E-state index contributed by atoms with van der Waals surface area (Å²) in [7, 11) is 0. The first-order valence-electron chi connectivity index (χ1n) is 8.81. The first-order chi connectivity index (χ1) is 11.7. The van der Waals surface area contributed by atoms with Gasteiger partial charge in [-0.05, 0) is 80.0 Å². The van der Waals surface area contributed by atoms with Crippen LogP contribution in [0.25, 0.3) is 0 Å². The molecule has 0 saturated heterocycles. The van der Waals surface area contributed by atoms with Crippen molar-refractivity contribution in [1.82, 2.24) is 0 Å². The van der Waals surface area contributed by atoms with Gasteiger partial charge in [0.2, 0.25) is 0 Å². The fourth-order valence-corrected chi connectivity index (χ4v) is 3.22. The van der Waals surface area contributed by atoms with Crippen molar-refractivity contribution in [3.05, 3.63) is 59.2 Å². The number of fused-ring (bicyclic) bond motifs is 1. The zero-order valence-corrected chi connectivity index (χ0v) is 14.5. The Balaban J connectivity index is 1.68. The molecule has 3 nitrogen and oxygen atoms in total. The van der Waals surface area contributed by atoms with Crippen molar-refractivity contribution in [3.63, 3.8) is 0 Å². The highest BCUT2D eigenvalue weighted by Gasteiger charge is 2.19. The van der Waals surface area contributed by atoms with Crippen LogP contribution in [0.3, 0.4) is 0 Å². The first kappa shape index (κ1) is 16.6. The van der Waals surface area contributed by atoms with E-state index in [1.807, 2.05) is 44.2 Å². The molecule has 0 aliphatic heterocycles. The highest BCUT2D eigenvalue weighted by atomic mass is 16.5. The van der Waals surface area contributed by atoms with Crippen LogP contribution in [-0.2, 0) is 17.6 Å². The second kappa shape index (κ2) is 7.52. The minimum Gasteiger partial charge on any atom is -0.481 e. The zero-order valence-electron chi connectivity index (χ0n) is 14.5. The van der Waals surface area contributed by atoms with Crippen LogP contribution in [0.5, 0.6) is 5.75 Å². The number of anilines is 1. The van der Waals surface area contributed by atoms with Crippen LogP contribution in [0.15, 0.2) is 42.5 Å². The van der Waals surface area contributed by atoms with E-state index in [0.29, 0.717) is 6.42 Å². The molecule has 0 unspecified atom stereocenters. The number of rotatable bonds is 5. The number of carbonyl (C=O) groups excluding carboxylic acids is 1. The molecule has 1 atom stereocenters. The number of nitrogens with one attached hydrogen (secondary N) is 1. The van der Waals surface area contributed by atoms with Crippen LogP contribution in [0.1, 0.15) is 42.9 Å². The summed E-state index contributed by atoms with van der Waals surface area (Å²) < 4.78 is 5.98.